The van der Waals surface area contributed by atoms with E-state index in [9.17, 15) is 4.79 Å². The van der Waals surface area contributed by atoms with Gasteiger partial charge in [-0.1, -0.05) is 6.92 Å². The van der Waals surface area contributed by atoms with E-state index < -0.39 is 0 Å². The molecule has 0 atom stereocenters. The van der Waals surface area contributed by atoms with Crippen molar-refractivity contribution in [1.82, 2.24) is 5.43 Å². The topological polar surface area (TPSA) is 61.7 Å². The van der Waals surface area contributed by atoms with Crippen LogP contribution in [0.1, 0.15) is 30.6 Å². The highest BCUT2D eigenvalue weighted by Crippen LogP contribution is 2.09. The Hall–Kier alpha value is -1.84. The zero-order chi connectivity index (χ0) is 11.3. The Kier molecular flexibility index (Phi) is 3.85. The summed E-state index contributed by atoms with van der Waals surface area (Å²) < 4.78 is 0. The lowest BCUT2D eigenvalue weighted by Crippen LogP contribution is -2.18. The summed E-state index contributed by atoms with van der Waals surface area (Å²) in [5.74, 6) is -0.136. The molecule has 0 aliphatic rings. The molecule has 1 rings (SSSR count). The summed E-state index contributed by atoms with van der Waals surface area (Å²) in [5, 5.41) is 12.9. The van der Waals surface area contributed by atoms with Gasteiger partial charge in [0.05, 0.1) is 0 Å². The fraction of sp³-hybridized carbons (Fsp3) is 0.273. The summed E-state index contributed by atoms with van der Waals surface area (Å²) in [6.45, 7) is 3.81. The number of rotatable bonds is 3. The summed E-state index contributed by atoms with van der Waals surface area (Å²) in [7, 11) is 0. The zero-order valence-electron chi connectivity index (χ0n) is 8.82. The highest BCUT2D eigenvalue weighted by Gasteiger charge is 2.03. The van der Waals surface area contributed by atoms with Crippen molar-refractivity contribution in [2.45, 2.75) is 20.3 Å². The van der Waals surface area contributed by atoms with Crippen LogP contribution in [0.3, 0.4) is 0 Å². The van der Waals surface area contributed by atoms with E-state index >= 15 is 0 Å². The third-order valence-corrected chi connectivity index (χ3v) is 1.99. The van der Waals surface area contributed by atoms with Gasteiger partial charge in [0, 0.05) is 11.3 Å². The van der Waals surface area contributed by atoms with Crippen LogP contribution in [-0.2, 0) is 0 Å². The van der Waals surface area contributed by atoms with E-state index in [2.05, 4.69) is 10.5 Å². The minimum atomic E-state index is -0.275. The largest absolute Gasteiger partial charge is 0.508 e. The predicted molar refractivity (Wildman–Crippen MR) is 59.0 cm³/mol. The summed E-state index contributed by atoms with van der Waals surface area (Å²) in [6.07, 6.45) is 0.801. The van der Waals surface area contributed by atoms with Crippen molar-refractivity contribution in [3.05, 3.63) is 29.8 Å². The van der Waals surface area contributed by atoms with Gasteiger partial charge in [0.15, 0.2) is 0 Å². The normalized spacial score (nSPS) is 11.2. The van der Waals surface area contributed by atoms with Crippen LogP contribution in [0, 0.1) is 0 Å². The van der Waals surface area contributed by atoms with E-state index in [4.69, 9.17) is 5.11 Å². The molecule has 1 aromatic rings. The number of amides is 1. The molecule has 0 aromatic heterocycles. The van der Waals surface area contributed by atoms with Crippen molar-refractivity contribution in [3.8, 4) is 5.75 Å². The van der Waals surface area contributed by atoms with Crippen molar-refractivity contribution in [3.63, 3.8) is 0 Å². The molecule has 0 aliphatic carbocycles. The van der Waals surface area contributed by atoms with Crippen molar-refractivity contribution < 1.29 is 9.90 Å². The monoisotopic (exact) mass is 206 g/mol. The highest BCUT2D eigenvalue weighted by molar-refractivity contribution is 5.95. The second kappa shape index (κ2) is 5.14. The maximum Gasteiger partial charge on any atom is 0.271 e. The maximum absolute atomic E-state index is 11.5. The minimum Gasteiger partial charge on any atom is -0.508 e. The molecule has 0 heterocycles. The Bertz CT molecular complexity index is 369. The smallest absolute Gasteiger partial charge is 0.271 e. The first-order chi connectivity index (χ1) is 7.13. The van der Waals surface area contributed by atoms with Gasteiger partial charge in [0.25, 0.3) is 5.91 Å². The lowest BCUT2D eigenvalue weighted by Gasteiger charge is -2.01. The number of nitrogens with one attached hydrogen (secondary N) is 1. The van der Waals surface area contributed by atoms with Crippen LogP contribution in [-0.4, -0.2) is 16.7 Å². The van der Waals surface area contributed by atoms with Crippen molar-refractivity contribution >= 4 is 11.6 Å². The first-order valence-corrected chi connectivity index (χ1v) is 4.76. The lowest BCUT2D eigenvalue weighted by atomic mass is 10.2. The number of phenols is 1. The van der Waals surface area contributed by atoms with E-state index in [0.717, 1.165) is 12.1 Å². The van der Waals surface area contributed by atoms with E-state index in [0.29, 0.717) is 5.56 Å². The number of carbonyl (C=O) groups is 1. The fourth-order valence-electron chi connectivity index (χ4n) is 0.903. The predicted octanol–water partition coefficient (Wildman–Crippen LogP) is 1.91. The van der Waals surface area contributed by atoms with Crippen molar-refractivity contribution in [2.75, 3.05) is 0 Å². The summed E-state index contributed by atoms with van der Waals surface area (Å²) in [6, 6.07) is 6.01. The molecular weight excluding hydrogens is 192 g/mol. The number of nitrogens with zero attached hydrogens (tertiary/aromatic N) is 1. The number of aromatic hydroxyl groups is 1. The van der Waals surface area contributed by atoms with Crippen molar-refractivity contribution in [2.24, 2.45) is 5.10 Å². The van der Waals surface area contributed by atoms with Crippen LogP contribution in [0.5, 0.6) is 5.75 Å². The van der Waals surface area contributed by atoms with Gasteiger partial charge in [-0.2, -0.15) is 5.10 Å². The van der Waals surface area contributed by atoms with Crippen LogP contribution in [0.2, 0.25) is 0 Å². The van der Waals surface area contributed by atoms with Crippen LogP contribution in [0.15, 0.2) is 29.4 Å². The lowest BCUT2D eigenvalue weighted by molar-refractivity contribution is 0.0954. The molecule has 1 aromatic carbocycles. The van der Waals surface area contributed by atoms with Crippen LogP contribution in [0.25, 0.3) is 0 Å². The molecule has 15 heavy (non-hydrogen) atoms. The third kappa shape index (κ3) is 3.42. The molecule has 0 bridgehead atoms. The molecule has 2 N–H and O–H groups in total. The number of benzene rings is 1. The molecule has 4 heteroatoms. The number of hydrogen-bond acceptors (Lipinski definition) is 3. The maximum atomic E-state index is 11.5. The molecular formula is C11H14N2O2. The summed E-state index contributed by atoms with van der Waals surface area (Å²) >= 11 is 0. The van der Waals surface area contributed by atoms with Gasteiger partial charge in [-0.15, -0.1) is 0 Å². The molecule has 0 aliphatic heterocycles. The Morgan fingerprint density at radius 2 is 2.00 bits per heavy atom. The fourth-order valence-corrected chi connectivity index (χ4v) is 0.903. The van der Waals surface area contributed by atoms with E-state index in [1.54, 1.807) is 12.1 Å². The van der Waals surface area contributed by atoms with Gasteiger partial charge in [-0.25, -0.2) is 5.43 Å². The van der Waals surface area contributed by atoms with E-state index in [-0.39, 0.29) is 11.7 Å². The molecule has 0 unspecified atom stereocenters. The first kappa shape index (κ1) is 11.2. The van der Waals surface area contributed by atoms with Crippen LogP contribution in [0.4, 0.5) is 0 Å². The Balaban J connectivity index is 2.66. The number of hydrogen-bond donors (Lipinski definition) is 2. The molecule has 80 valence electrons. The van der Waals surface area contributed by atoms with E-state index in [1.807, 2.05) is 13.8 Å². The second-order valence-electron chi connectivity index (χ2n) is 3.19. The van der Waals surface area contributed by atoms with Crippen molar-refractivity contribution in [1.29, 1.82) is 0 Å². The van der Waals surface area contributed by atoms with Gasteiger partial charge < -0.3 is 5.11 Å². The zero-order valence-corrected chi connectivity index (χ0v) is 8.82. The van der Waals surface area contributed by atoms with Crippen LogP contribution < -0.4 is 5.43 Å². The van der Waals surface area contributed by atoms with E-state index in [1.165, 1.54) is 12.1 Å². The summed E-state index contributed by atoms with van der Waals surface area (Å²) in [5.41, 5.74) is 3.77. The van der Waals surface area contributed by atoms with Gasteiger partial charge in [0.1, 0.15) is 5.75 Å². The molecule has 0 saturated carbocycles. The second-order valence-corrected chi connectivity index (χ2v) is 3.19. The molecule has 0 saturated heterocycles. The van der Waals surface area contributed by atoms with Gasteiger partial charge in [-0.05, 0) is 37.6 Å². The minimum absolute atomic E-state index is 0.139. The Morgan fingerprint density at radius 3 is 2.53 bits per heavy atom. The molecule has 0 radical (unpaired) electrons. The number of hydrazone groups is 1. The molecule has 0 fully saturated rings. The van der Waals surface area contributed by atoms with Gasteiger partial charge >= 0.3 is 0 Å². The number of phenolic OH excluding ortho intramolecular Hbond substituents is 1. The van der Waals surface area contributed by atoms with Crippen LogP contribution >= 0.6 is 0 Å². The molecule has 4 nitrogen and oxygen atoms in total. The highest BCUT2D eigenvalue weighted by atomic mass is 16.3. The number of carbonyl (C=O) groups excluding carboxylic acids is 1. The molecule has 1 amide bonds. The van der Waals surface area contributed by atoms with Gasteiger partial charge in [0.2, 0.25) is 0 Å². The van der Waals surface area contributed by atoms with Gasteiger partial charge in [-0.3, -0.25) is 4.79 Å². The third-order valence-electron chi connectivity index (χ3n) is 1.99. The Labute approximate surface area is 88.6 Å². The molecule has 0 spiro atoms. The average molecular weight is 206 g/mol. The first-order valence-electron chi connectivity index (χ1n) is 4.76. The SMILES string of the molecule is CCC(C)=NNC(=O)c1ccc(O)cc1. The summed E-state index contributed by atoms with van der Waals surface area (Å²) in [4.78, 5) is 11.5. The quantitative estimate of drug-likeness (QED) is 0.586. The standard InChI is InChI=1S/C11H14N2O2/c1-3-8(2)12-13-11(15)9-4-6-10(14)7-5-9/h4-7,14H,3H2,1-2H3,(H,13,15). The average Bonchev–Trinajstić information content (AvgIpc) is 2.26. The Morgan fingerprint density at radius 1 is 1.40 bits per heavy atom.